The van der Waals surface area contributed by atoms with Crippen LogP contribution in [0, 0.1) is 6.92 Å². The third-order valence-electron chi connectivity index (χ3n) is 2.40. The van der Waals surface area contributed by atoms with Gasteiger partial charge in [-0.15, -0.1) is 0 Å². The molecule has 0 aliphatic rings. The molecule has 0 fully saturated rings. The fourth-order valence-corrected chi connectivity index (χ4v) is 1.63. The SMILES string of the molecule is COc1cccc(-n2c(C)nn(C)c2=O)c1. The molecule has 5 heteroatoms. The van der Waals surface area contributed by atoms with Gasteiger partial charge in [0, 0.05) is 13.1 Å². The molecule has 0 spiro atoms. The van der Waals surface area contributed by atoms with Gasteiger partial charge < -0.3 is 4.74 Å². The summed E-state index contributed by atoms with van der Waals surface area (Å²) >= 11 is 0. The van der Waals surface area contributed by atoms with Gasteiger partial charge in [0.15, 0.2) is 0 Å². The van der Waals surface area contributed by atoms with Crippen molar-refractivity contribution in [1.82, 2.24) is 14.3 Å². The Labute approximate surface area is 92.9 Å². The number of nitrogens with zero attached hydrogens (tertiary/aromatic N) is 3. The number of rotatable bonds is 2. The van der Waals surface area contributed by atoms with Crippen molar-refractivity contribution < 1.29 is 4.74 Å². The van der Waals surface area contributed by atoms with E-state index < -0.39 is 0 Å². The van der Waals surface area contributed by atoms with Crippen LogP contribution in [0.15, 0.2) is 29.1 Å². The highest BCUT2D eigenvalue weighted by molar-refractivity contribution is 5.39. The predicted octanol–water partition coefficient (Wildman–Crippen LogP) is 0.888. The Bertz CT molecular complexity index is 569. The van der Waals surface area contributed by atoms with E-state index in [1.54, 1.807) is 31.7 Å². The molecule has 2 aromatic rings. The molecule has 0 aliphatic carbocycles. The molecule has 0 radical (unpaired) electrons. The monoisotopic (exact) mass is 219 g/mol. The van der Waals surface area contributed by atoms with Gasteiger partial charge in [0.1, 0.15) is 11.6 Å². The zero-order valence-electron chi connectivity index (χ0n) is 9.47. The maximum Gasteiger partial charge on any atom is 0.350 e. The summed E-state index contributed by atoms with van der Waals surface area (Å²) in [6.07, 6.45) is 0. The molecule has 0 unspecified atom stereocenters. The Morgan fingerprint density at radius 3 is 2.69 bits per heavy atom. The highest BCUT2D eigenvalue weighted by Gasteiger charge is 2.09. The lowest BCUT2D eigenvalue weighted by molar-refractivity contribution is 0.414. The second-order valence-corrected chi connectivity index (χ2v) is 3.49. The summed E-state index contributed by atoms with van der Waals surface area (Å²) in [4.78, 5) is 11.8. The minimum atomic E-state index is -0.161. The van der Waals surface area contributed by atoms with Gasteiger partial charge in [-0.25, -0.2) is 14.0 Å². The highest BCUT2D eigenvalue weighted by atomic mass is 16.5. The summed E-state index contributed by atoms with van der Waals surface area (Å²) in [6, 6.07) is 7.32. The van der Waals surface area contributed by atoms with Crippen molar-refractivity contribution in [1.29, 1.82) is 0 Å². The van der Waals surface area contributed by atoms with E-state index in [1.807, 2.05) is 18.2 Å². The van der Waals surface area contributed by atoms with Crippen LogP contribution in [-0.4, -0.2) is 21.5 Å². The average Bonchev–Trinajstić information content (AvgIpc) is 2.53. The number of aryl methyl sites for hydroxylation is 2. The molecule has 2 rings (SSSR count). The summed E-state index contributed by atoms with van der Waals surface area (Å²) in [6.45, 7) is 1.79. The van der Waals surface area contributed by atoms with Gasteiger partial charge >= 0.3 is 5.69 Å². The third kappa shape index (κ3) is 1.60. The van der Waals surface area contributed by atoms with E-state index in [0.717, 1.165) is 5.69 Å². The van der Waals surface area contributed by atoms with Crippen LogP contribution >= 0.6 is 0 Å². The molecule has 5 nitrogen and oxygen atoms in total. The molecular weight excluding hydrogens is 206 g/mol. The van der Waals surface area contributed by atoms with Crippen LogP contribution in [-0.2, 0) is 7.05 Å². The van der Waals surface area contributed by atoms with Crippen LogP contribution in [0.2, 0.25) is 0 Å². The predicted molar refractivity (Wildman–Crippen MR) is 60.1 cm³/mol. The molecule has 1 aromatic carbocycles. The topological polar surface area (TPSA) is 49.0 Å². The molecule has 0 saturated heterocycles. The Kier molecular flexibility index (Phi) is 2.52. The second-order valence-electron chi connectivity index (χ2n) is 3.49. The first-order valence-corrected chi connectivity index (χ1v) is 4.90. The van der Waals surface area contributed by atoms with Crippen LogP contribution in [0.3, 0.4) is 0 Å². The summed E-state index contributed by atoms with van der Waals surface area (Å²) in [5, 5.41) is 4.07. The molecule has 0 saturated carbocycles. The van der Waals surface area contributed by atoms with Crippen molar-refractivity contribution in [3.8, 4) is 11.4 Å². The average molecular weight is 219 g/mol. The zero-order valence-corrected chi connectivity index (χ0v) is 9.47. The Morgan fingerprint density at radius 1 is 1.38 bits per heavy atom. The minimum absolute atomic E-state index is 0.161. The first-order chi connectivity index (χ1) is 7.63. The lowest BCUT2D eigenvalue weighted by Gasteiger charge is -2.04. The fraction of sp³-hybridized carbons (Fsp3) is 0.273. The van der Waals surface area contributed by atoms with Crippen molar-refractivity contribution in [2.75, 3.05) is 7.11 Å². The van der Waals surface area contributed by atoms with Gasteiger partial charge in [0.2, 0.25) is 0 Å². The minimum Gasteiger partial charge on any atom is -0.497 e. The van der Waals surface area contributed by atoms with E-state index in [9.17, 15) is 4.79 Å². The first-order valence-electron chi connectivity index (χ1n) is 4.90. The molecule has 0 amide bonds. The third-order valence-corrected chi connectivity index (χ3v) is 2.40. The Balaban J connectivity index is 2.62. The van der Waals surface area contributed by atoms with E-state index in [2.05, 4.69) is 5.10 Å². The lowest BCUT2D eigenvalue weighted by Crippen LogP contribution is -2.21. The summed E-state index contributed by atoms with van der Waals surface area (Å²) in [5.74, 6) is 1.37. The van der Waals surface area contributed by atoms with Crippen molar-refractivity contribution in [2.45, 2.75) is 6.92 Å². The molecule has 0 aliphatic heterocycles. The summed E-state index contributed by atoms with van der Waals surface area (Å²) < 4.78 is 7.98. The van der Waals surface area contributed by atoms with E-state index in [-0.39, 0.29) is 5.69 Å². The zero-order chi connectivity index (χ0) is 11.7. The van der Waals surface area contributed by atoms with E-state index >= 15 is 0 Å². The van der Waals surface area contributed by atoms with Gasteiger partial charge in [-0.2, -0.15) is 5.10 Å². The Hall–Kier alpha value is -2.04. The van der Waals surface area contributed by atoms with Crippen molar-refractivity contribution >= 4 is 0 Å². The molecule has 0 bridgehead atoms. The van der Waals surface area contributed by atoms with Gasteiger partial charge in [-0.3, -0.25) is 0 Å². The van der Waals surface area contributed by atoms with E-state index in [1.165, 1.54) is 4.68 Å². The van der Waals surface area contributed by atoms with Crippen LogP contribution in [0.4, 0.5) is 0 Å². The van der Waals surface area contributed by atoms with Gasteiger partial charge in [0.25, 0.3) is 0 Å². The number of benzene rings is 1. The van der Waals surface area contributed by atoms with Gasteiger partial charge in [-0.05, 0) is 19.1 Å². The first kappa shape index (κ1) is 10.5. The summed E-state index contributed by atoms with van der Waals surface area (Å²) in [7, 11) is 3.23. The van der Waals surface area contributed by atoms with Crippen LogP contribution in [0.1, 0.15) is 5.82 Å². The molecule has 84 valence electrons. The fourth-order valence-electron chi connectivity index (χ4n) is 1.63. The second kappa shape index (κ2) is 3.84. The number of aromatic nitrogens is 3. The molecule has 1 aromatic heterocycles. The quantitative estimate of drug-likeness (QED) is 0.753. The molecule has 0 atom stereocenters. The maximum absolute atomic E-state index is 11.8. The number of ether oxygens (including phenoxy) is 1. The molecule has 16 heavy (non-hydrogen) atoms. The van der Waals surface area contributed by atoms with E-state index in [0.29, 0.717) is 11.6 Å². The van der Waals surface area contributed by atoms with Crippen LogP contribution < -0.4 is 10.4 Å². The normalized spacial score (nSPS) is 10.4. The number of hydrogen-bond donors (Lipinski definition) is 0. The van der Waals surface area contributed by atoms with Gasteiger partial charge in [-0.1, -0.05) is 6.07 Å². The Morgan fingerprint density at radius 2 is 2.12 bits per heavy atom. The van der Waals surface area contributed by atoms with Crippen molar-refractivity contribution in [2.24, 2.45) is 7.05 Å². The largest absolute Gasteiger partial charge is 0.497 e. The highest BCUT2D eigenvalue weighted by Crippen LogP contribution is 2.15. The van der Waals surface area contributed by atoms with Gasteiger partial charge in [0.05, 0.1) is 12.8 Å². The van der Waals surface area contributed by atoms with E-state index in [4.69, 9.17) is 4.74 Å². The molecule has 1 heterocycles. The summed E-state index contributed by atoms with van der Waals surface area (Å²) in [5.41, 5.74) is 0.598. The van der Waals surface area contributed by atoms with Crippen molar-refractivity contribution in [3.63, 3.8) is 0 Å². The van der Waals surface area contributed by atoms with Crippen molar-refractivity contribution in [3.05, 3.63) is 40.6 Å². The standard InChI is InChI=1S/C11H13N3O2/c1-8-12-13(2)11(15)14(8)9-5-4-6-10(7-9)16-3/h4-7H,1-3H3. The van der Waals surface area contributed by atoms with Crippen LogP contribution in [0.25, 0.3) is 5.69 Å². The lowest BCUT2D eigenvalue weighted by atomic mass is 10.3. The molecule has 0 N–H and O–H groups in total. The number of methoxy groups -OCH3 is 1. The smallest absolute Gasteiger partial charge is 0.350 e. The molecular formula is C11H13N3O2. The van der Waals surface area contributed by atoms with Crippen LogP contribution in [0.5, 0.6) is 5.75 Å². The number of hydrogen-bond acceptors (Lipinski definition) is 3. The maximum atomic E-state index is 11.8.